The van der Waals surface area contributed by atoms with E-state index in [0.29, 0.717) is 25.4 Å². The standard InChI is InChI=1S/C20H35N3O2/c1-7-8-11-19(24)23(17(4)5)15-20(25)22(13-16(2)3)14-18-10-9-12-21(18)6/h9-10,12,16-17H,7-8,11,13-15H2,1-6H3. The summed E-state index contributed by atoms with van der Waals surface area (Å²) in [6.45, 7) is 11.7. The van der Waals surface area contributed by atoms with Gasteiger partial charge in [0.15, 0.2) is 0 Å². The molecule has 0 unspecified atom stereocenters. The summed E-state index contributed by atoms with van der Waals surface area (Å²) in [7, 11) is 1.99. The van der Waals surface area contributed by atoms with Gasteiger partial charge in [-0.15, -0.1) is 0 Å². The van der Waals surface area contributed by atoms with Crippen molar-refractivity contribution in [2.75, 3.05) is 13.1 Å². The Kier molecular flexibility index (Phi) is 8.73. The summed E-state index contributed by atoms with van der Waals surface area (Å²) >= 11 is 0. The second kappa shape index (κ2) is 10.3. The molecule has 0 aliphatic heterocycles. The van der Waals surface area contributed by atoms with E-state index >= 15 is 0 Å². The number of hydrogen-bond donors (Lipinski definition) is 0. The minimum absolute atomic E-state index is 0.0217. The quantitative estimate of drug-likeness (QED) is 0.649. The van der Waals surface area contributed by atoms with Gasteiger partial charge < -0.3 is 14.4 Å². The highest BCUT2D eigenvalue weighted by Crippen LogP contribution is 2.11. The molecule has 0 aliphatic carbocycles. The average Bonchev–Trinajstić information content (AvgIpc) is 2.93. The molecule has 25 heavy (non-hydrogen) atoms. The lowest BCUT2D eigenvalue weighted by molar-refractivity contribution is -0.142. The fraction of sp³-hybridized carbons (Fsp3) is 0.700. The van der Waals surface area contributed by atoms with Gasteiger partial charge in [0.25, 0.3) is 0 Å². The van der Waals surface area contributed by atoms with Crippen molar-refractivity contribution in [3.63, 3.8) is 0 Å². The van der Waals surface area contributed by atoms with Crippen molar-refractivity contribution in [2.24, 2.45) is 13.0 Å². The van der Waals surface area contributed by atoms with E-state index in [1.807, 2.05) is 48.7 Å². The van der Waals surface area contributed by atoms with E-state index in [1.54, 1.807) is 4.90 Å². The van der Waals surface area contributed by atoms with Crippen LogP contribution < -0.4 is 0 Å². The number of aromatic nitrogens is 1. The Balaban J connectivity index is 2.83. The summed E-state index contributed by atoms with van der Waals surface area (Å²) in [6.07, 6.45) is 4.36. The Morgan fingerprint density at radius 3 is 2.32 bits per heavy atom. The van der Waals surface area contributed by atoms with Crippen LogP contribution in [-0.4, -0.2) is 45.3 Å². The lowest BCUT2D eigenvalue weighted by Crippen LogP contribution is -2.46. The lowest BCUT2D eigenvalue weighted by Gasteiger charge is -2.31. The number of carbonyl (C=O) groups excluding carboxylic acids is 2. The zero-order valence-electron chi connectivity index (χ0n) is 16.8. The van der Waals surface area contributed by atoms with Crippen LogP contribution in [0.15, 0.2) is 18.3 Å². The van der Waals surface area contributed by atoms with E-state index in [1.165, 1.54) is 0 Å². The van der Waals surface area contributed by atoms with Gasteiger partial charge in [0.05, 0.1) is 13.1 Å². The summed E-state index contributed by atoms with van der Waals surface area (Å²) < 4.78 is 2.03. The van der Waals surface area contributed by atoms with Gasteiger partial charge in [-0.05, 0) is 38.3 Å². The first-order chi connectivity index (χ1) is 11.8. The fourth-order valence-corrected chi connectivity index (χ4v) is 2.83. The molecule has 0 atom stereocenters. The summed E-state index contributed by atoms with van der Waals surface area (Å²) in [4.78, 5) is 29.0. The van der Waals surface area contributed by atoms with Gasteiger partial charge in [-0.2, -0.15) is 0 Å². The second-order valence-electron chi connectivity index (χ2n) is 7.50. The number of unbranched alkanes of at least 4 members (excludes halogenated alkanes) is 1. The lowest BCUT2D eigenvalue weighted by atomic mass is 10.1. The molecule has 1 heterocycles. The molecule has 5 heteroatoms. The van der Waals surface area contributed by atoms with Crippen LogP contribution in [0.3, 0.4) is 0 Å². The molecule has 0 aliphatic rings. The molecular formula is C20H35N3O2. The van der Waals surface area contributed by atoms with E-state index in [-0.39, 0.29) is 24.4 Å². The highest BCUT2D eigenvalue weighted by atomic mass is 16.2. The molecule has 0 saturated heterocycles. The molecule has 0 radical (unpaired) electrons. The van der Waals surface area contributed by atoms with Crippen LogP contribution in [0.4, 0.5) is 0 Å². The number of amides is 2. The van der Waals surface area contributed by atoms with Gasteiger partial charge in [-0.3, -0.25) is 9.59 Å². The van der Waals surface area contributed by atoms with Crippen LogP contribution in [0.2, 0.25) is 0 Å². The maximum atomic E-state index is 12.9. The van der Waals surface area contributed by atoms with E-state index in [4.69, 9.17) is 0 Å². The van der Waals surface area contributed by atoms with Crippen LogP contribution in [0, 0.1) is 5.92 Å². The van der Waals surface area contributed by atoms with Crippen LogP contribution in [0.1, 0.15) is 59.6 Å². The largest absolute Gasteiger partial charge is 0.353 e. The van der Waals surface area contributed by atoms with E-state index in [0.717, 1.165) is 18.5 Å². The van der Waals surface area contributed by atoms with Crippen LogP contribution in [-0.2, 0) is 23.2 Å². The Morgan fingerprint density at radius 2 is 1.84 bits per heavy atom. The topological polar surface area (TPSA) is 45.6 Å². The smallest absolute Gasteiger partial charge is 0.242 e. The number of aryl methyl sites for hydroxylation is 1. The Hall–Kier alpha value is -1.78. The van der Waals surface area contributed by atoms with Crippen molar-refractivity contribution in [3.8, 4) is 0 Å². The highest BCUT2D eigenvalue weighted by molar-refractivity contribution is 5.85. The highest BCUT2D eigenvalue weighted by Gasteiger charge is 2.24. The molecule has 0 bridgehead atoms. The number of carbonyl (C=O) groups is 2. The predicted octanol–water partition coefficient (Wildman–Crippen LogP) is 3.44. The molecule has 0 fully saturated rings. The normalized spacial score (nSPS) is 11.2. The monoisotopic (exact) mass is 349 g/mol. The maximum Gasteiger partial charge on any atom is 0.242 e. The van der Waals surface area contributed by atoms with Crippen molar-refractivity contribution in [1.29, 1.82) is 0 Å². The predicted molar refractivity (Wildman–Crippen MR) is 102 cm³/mol. The zero-order chi connectivity index (χ0) is 19.0. The Bertz CT molecular complexity index is 549. The van der Waals surface area contributed by atoms with Gasteiger partial charge >= 0.3 is 0 Å². The van der Waals surface area contributed by atoms with E-state index < -0.39 is 0 Å². The molecule has 0 spiro atoms. The molecule has 0 aromatic carbocycles. The molecule has 2 amide bonds. The zero-order valence-corrected chi connectivity index (χ0v) is 16.8. The van der Waals surface area contributed by atoms with Gasteiger partial charge in [0.1, 0.15) is 0 Å². The van der Waals surface area contributed by atoms with Crippen molar-refractivity contribution >= 4 is 11.8 Å². The molecule has 5 nitrogen and oxygen atoms in total. The molecule has 0 N–H and O–H groups in total. The third-order valence-corrected chi connectivity index (χ3v) is 4.34. The number of nitrogens with zero attached hydrogens (tertiary/aromatic N) is 3. The first-order valence-electron chi connectivity index (χ1n) is 9.43. The van der Waals surface area contributed by atoms with Gasteiger partial charge in [0.2, 0.25) is 11.8 Å². The third kappa shape index (κ3) is 6.92. The van der Waals surface area contributed by atoms with E-state index in [9.17, 15) is 9.59 Å². The van der Waals surface area contributed by atoms with Crippen LogP contribution in [0.5, 0.6) is 0 Å². The summed E-state index contributed by atoms with van der Waals surface area (Å²) in [5.74, 6) is 0.481. The summed E-state index contributed by atoms with van der Waals surface area (Å²) in [5.41, 5.74) is 1.10. The maximum absolute atomic E-state index is 12.9. The Morgan fingerprint density at radius 1 is 1.16 bits per heavy atom. The second-order valence-corrected chi connectivity index (χ2v) is 7.50. The SMILES string of the molecule is CCCCC(=O)N(CC(=O)N(Cc1cccn1C)CC(C)C)C(C)C. The van der Waals surface area contributed by atoms with Crippen LogP contribution >= 0.6 is 0 Å². The first kappa shape index (κ1) is 21.3. The fourth-order valence-electron chi connectivity index (χ4n) is 2.83. The number of hydrogen-bond acceptors (Lipinski definition) is 2. The molecule has 1 aromatic heterocycles. The van der Waals surface area contributed by atoms with Gasteiger partial charge in [-0.25, -0.2) is 0 Å². The van der Waals surface area contributed by atoms with Crippen molar-refractivity contribution in [3.05, 3.63) is 24.0 Å². The average molecular weight is 350 g/mol. The molecule has 0 saturated carbocycles. The van der Waals surface area contributed by atoms with Crippen molar-refractivity contribution in [1.82, 2.24) is 14.4 Å². The molecule has 1 rings (SSSR count). The minimum Gasteiger partial charge on any atom is -0.353 e. The van der Waals surface area contributed by atoms with Crippen molar-refractivity contribution < 1.29 is 9.59 Å². The van der Waals surface area contributed by atoms with Crippen LogP contribution in [0.25, 0.3) is 0 Å². The van der Waals surface area contributed by atoms with Crippen molar-refractivity contribution in [2.45, 2.75) is 66.5 Å². The van der Waals surface area contributed by atoms with E-state index in [2.05, 4.69) is 20.8 Å². The Labute approximate surface area is 153 Å². The molecular weight excluding hydrogens is 314 g/mol. The van der Waals surface area contributed by atoms with Gasteiger partial charge in [-0.1, -0.05) is 27.2 Å². The third-order valence-electron chi connectivity index (χ3n) is 4.34. The van der Waals surface area contributed by atoms with Gasteiger partial charge in [0, 0.05) is 37.9 Å². The number of rotatable bonds is 10. The first-order valence-corrected chi connectivity index (χ1v) is 9.43. The summed E-state index contributed by atoms with van der Waals surface area (Å²) in [5, 5.41) is 0. The minimum atomic E-state index is 0.0217. The summed E-state index contributed by atoms with van der Waals surface area (Å²) in [6, 6.07) is 4.05. The molecule has 142 valence electrons. The molecule has 1 aromatic rings.